The molecule has 2 aliphatic heterocycles. The van der Waals surface area contributed by atoms with Crippen molar-refractivity contribution in [1.29, 1.82) is 0 Å². The lowest BCUT2D eigenvalue weighted by molar-refractivity contribution is 0.115. The van der Waals surface area contributed by atoms with Crippen LogP contribution in [0.15, 0.2) is 0 Å². The van der Waals surface area contributed by atoms with E-state index in [-0.39, 0.29) is 6.03 Å². The van der Waals surface area contributed by atoms with Crippen molar-refractivity contribution in [2.75, 3.05) is 32.7 Å². The Bertz CT molecular complexity index is 331. The lowest BCUT2D eigenvalue weighted by Gasteiger charge is -2.39. The third-order valence-corrected chi connectivity index (χ3v) is 4.85. The van der Waals surface area contributed by atoms with Gasteiger partial charge in [0.2, 0.25) is 0 Å². The molecule has 3 fully saturated rings. The van der Waals surface area contributed by atoms with E-state index < -0.39 is 0 Å². The minimum absolute atomic E-state index is 0.249. The number of urea groups is 1. The Morgan fingerprint density at radius 2 is 2.11 bits per heavy atom. The summed E-state index contributed by atoms with van der Waals surface area (Å²) in [5.74, 6) is 0.737. The molecule has 5 nitrogen and oxygen atoms in total. The lowest BCUT2D eigenvalue weighted by atomic mass is 9.90. The van der Waals surface area contributed by atoms with Gasteiger partial charge in [-0.25, -0.2) is 4.79 Å². The van der Waals surface area contributed by atoms with Gasteiger partial charge in [-0.1, -0.05) is 0 Å². The maximum atomic E-state index is 11.5. The molecule has 3 aliphatic rings. The number of piperazine rings is 1. The van der Waals surface area contributed by atoms with Crippen molar-refractivity contribution < 1.29 is 4.79 Å². The number of carbonyl (C=O) groups excluding carboxylic acids is 1. The molecule has 0 aromatic rings. The Morgan fingerprint density at radius 1 is 1.26 bits per heavy atom. The number of carbonyl (C=O) groups is 1. The molecule has 2 heterocycles. The molecule has 2 atom stereocenters. The fraction of sp³-hybridized carbons (Fsp3) is 0.929. The molecule has 0 radical (unpaired) electrons. The summed E-state index contributed by atoms with van der Waals surface area (Å²) < 4.78 is 0. The first-order valence-electron chi connectivity index (χ1n) is 7.75. The van der Waals surface area contributed by atoms with Crippen LogP contribution in [0.3, 0.4) is 0 Å². The second-order valence-electron chi connectivity index (χ2n) is 6.36. The highest BCUT2D eigenvalue weighted by molar-refractivity contribution is 5.72. The highest BCUT2D eigenvalue weighted by Crippen LogP contribution is 2.32. The van der Waals surface area contributed by atoms with Crippen LogP contribution in [0.25, 0.3) is 0 Å². The van der Waals surface area contributed by atoms with Gasteiger partial charge < -0.3 is 20.9 Å². The first-order chi connectivity index (χ1) is 9.24. The molecule has 0 bridgehead atoms. The average Bonchev–Trinajstić information content (AvgIpc) is 3.24. The summed E-state index contributed by atoms with van der Waals surface area (Å²) in [4.78, 5) is 16.0. The molecule has 1 unspecified atom stereocenters. The van der Waals surface area contributed by atoms with Gasteiger partial charge >= 0.3 is 6.03 Å². The molecule has 0 spiro atoms. The van der Waals surface area contributed by atoms with Crippen molar-refractivity contribution in [1.82, 2.24) is 15.1 Å². The van der Waals surface area contributed by atoms with Gasteiger partial charge in [0.25, 0.3) is 0 Å². The van der Waals surface area contributed by atoms with Crippen molar-refractivity contribution in [3.63, 3.8) is 0 Å². The summed E-state index contributed by atoms with van der Waals surface area (Å²) in [5, 5.41) is 3.39. The van der Waals surface area contributed by atoms with Gasteiger partial charge in [-0.15, -0.1) is 0 Å². The number of hydrogen-bond donors (Lipinski definition) is 2. The molecule has 5 heteroatoms. The molecule has 0 aromatic carbocycles. The zero-order chi connectivity index (χ0) is 13.2. The third kappa shape index (κ3) is 3.20. The third-order valence-electron chi connectivity index (χ3n) is 4.85. The molecule has 3 N–H and O–H groups in total. The van der Waals surface area contributed by atoms with Gasteiger partial charge in [-0.2, -0.15) is 0 Å². The SMILES string of the molecule is NC(=O)N1CCNCC1C[C@@H]1CCCN(C2CC2)C1. The van der Waals surface area contributed by atoms with E-state index in [0.717, 1.165) is 38.0 Å². The zero-order valence-electron chi connectivity index (χ0n) is 11.7. The van der Waals surface area contributed by atoms with Crippen molar-refractivity contribution in [2.45, 2.75) is 44.2 Å². The van der Waals surface area contributed by atoms with E-state index >= 15 is 0 Å². The van der Waals surface area contributed by atoms with Crippen molar-refractivity contribution in [3.8, 4) is 0 Å². The number of amides is 2. The summed E-state index contributed by atoms with van der Waals surface area (Å²) in [7, 11) is 0. The predicted octanol–water partition coefficient (Wildman–Crippen LogP) is 0.603. The second kappa shape index (κ2) is 5.67. The van der Waals surface area contributed by atoms with Crippen LogP contribution in [0.4, 0.5) is 4.79 Å². The molecule has 2 amide bonds. The van der Waals surface area contributed by atoms with E-state index in [1.165, 1.54) is 38.8 Å². The molecule has 2 saturated heterocycles. The fourth-order valence-electron chi connectivity index (χ4n) is 3.71. The van der Waals surface area contributed by atoms with E-state index in [9.17, 15) is 4.79 Å². The van der Waals surface area contributed by atoms with Crippen LogP contribution in [0.1, 0.15) is 32.1 Å². The molecule has 108 valence electrons. The van der Waals surface area contributed by atoms with E-state index in [4.69, 9.17) is 5.73 Å². The number of rotatable bonds is 3. The van der Waals surface area contributed by atoms with Crippen LogP contribution in [0.2, 0.25) is 0 Å². The number of piperidine rings is 1. The van der Waals surface area contributed by atoms with Gasteiger partial charge in [0, 0.05) is 38.3 Å². The van der Waals surface area contributed by atoms with Crippen molar-refractivity contribution in [3.05, 3.63) is 0 Å². The summed E-state index contributed by atoms with van der Waals surface area (Å²) in [6, 6.07) is 0.927. The summed E-state index contributed by atoms with van der Waals surface area (Å²) >= 11 is 0. The Morgan fingerprint density at radius 3 is 2.84 bits per heavy atom. The smallest absolute Gasteiger partial charge is 0.315 e. The highest BCUT2D eigenvalue weighted by Gasteiger charge is 2.34. The topological polar surface area (TPSA) is 61.6 Å². The van der Waals surface area contributed by atoms with Crippen molar-refractivity contribution in [2.24, 2.45) is 11.7 Å². The van der Waals surface area contributed by atoms with E-state index in [1.54, 1.807) is 0 Å². The second-order valence-corrected chi connectivity index (χ2v) is 6.36. The largest absolute Gasteiger partial charge is 0.351 e. The number of primary amides is 1. The summed E-state index contributed by atoms with van der Waals surface area (Å²) in [6.07, 6.45) is 6.53. The Hall–Kier alpha value is -0.810. The van der Waals surface area contributed by atoms with Crippen LogP contribution >= 0.6 is 0 Å². The van der Waals surface area contributed by atoms with E-state index in [0.29, 0.717) is 6.04 Å². The number of nitrogens with one attached hydrogen (secondary N) is 1. The van der Waals surface area contributed by atoms with Crippen molar-refractivity contribution >= 4 is 6.03 Å². The zero-order valence-corrected chi connectivity index (χ0v) is 11.7. The molecule has 3 rings (SSSR count). The van der Waals surface area contributed by atoms with E-state index in [2.05, 4.69) is 10.2 Å². The number of nitrogens with two attached hydrogens (primary N) is 1. The van der Waals surface area contributed by atoms with Crippen LogP contribution in [0, 0.1) is 5.92 Å². The molecule has 0 aromatic heterocycles. The standard InChI is InChI=1S/C14H26N4O/c15-14(19)18-7-5-16-9-13(18)8-11-2-1-6-17(10-11)12-3-4-12/h11-13,16H,1-10H2,(H2,15,19)/t11-,13?/m0/s1. The molecular weight excluding hydrogens is 240 g/mol. The minimum Gasteiger partial charge on any atom is -0.351 e. The van der Waals surface area contributed by atoms with Crippen LogP contribution < -0.4 is 11.1 Å². The Kier molecular flexibility index (Phi) is 3.93. The minimum atomic E-state index is -0.249. The Labute approximate surface area is 115 Å². The Balaban J connectivity index is 1.55. The lowest BCUT2D eigenvalue weighted by Crippen LogP contribution is -2.56. The molecule has 1 saturated carbocycles. The van der Waals surface area contributed by atoms with Crippen LogP contribution in [-0.4, -0.2) is 60.6 Å². The average molecular weight is 266 g/mol. The maximum absolute atomic E-state index is 11.5. The van der Waals surface area contributed by atoms with Gasteiger partial charge in [0.05, 0.1) is 0 Å². The van der Waals surface area contributed by atoms with Crippen LogP contribution in [-0.2, 0) is 0 Å². The van der Waals surface area contributed by atoms with Gasteiger partial charge in [0.1, 0.15) is 0 Å². The quantitative estimate of drug-likeness (QED) is 0.786. The number of nitrogens with zero attached hydrogens (tertiary/aromatic N) is 2. The first kappa shape index (κ1) is 13.2. The van der Waals surface area contributed by atoms with Gasteiger partial charge in [0.15, 0.2) is 0 Å². The van der Waals surface area contributed by atoms with Gasteiger partial charge in [-0.3, -0.25) is 0 Å². The van der Waals surface area contributed by atoms with E-state index in [1.807, 2.05) is 4.90 Å². The predicted molar refractivity (Wildman–Crippen MR) is 74.9 cm³/mol. The van der Waals surface area contributed by atoms with Crippen LogP contribution in [0.5, 0.6) is 0 Å². The number of likely N-dealkylation sites (tertiary alicyclic amines) is 1. The monoisotopic (exact) mass is 266 g/mol. The number of hydrogen-bond acceptors (Lipinski definition) is 3. The van der Waals surface area contributed by atoms with Gasteiger partial charge in [-0.05, 0) is 44.6 Å². The molecular formula is C14H26N4O. The fourth-order valence-corrected chi connectivity index (χ4v) is 3.71. The first-order valence-corrected chi connectivity index (χ1v) is 7.75. The normalized spacial score (nSPS) is 33.4. The molecule has 1 aliphatic carbocycles. The molecule has 19 heavy (non-hydrogen) atoms. The summed E-state index contributed by atoms with van der Waals surface area (Å²) in [5.41, 5.74) is 5.50. The highest BCUT2D eigenvalue weighted by atomic mass is 16.2. The summed E-state index contributed by atoms with van der Waals surface area (Å²) in [6.45, 7) is 5.05. The maximum Gasteiger partial charge on any atom is 0.315 e.